The van der Waals surface area contributed by atoms with Gasteiger partial charge in [0.1, 0.15) is 5.82 Å². The zero-order valence-electron chi connectivity index (χ0n) is 14.5. The summed E-state index contributed by atoms with van der Waals surface area (Å²) >= 11 is 0. The van der Waals surface area contributed by atoms with Crippen molar-refractivity contribution in [3.63, 3.8) is 0 Å². The van der Waals surface area contributed by atoms with Crippen molar-refractivity contribution in [1.29, 1.82) is 0 Å². The topological polar surface area (TPSA) is 66.6 Å². The molecule has 1 aromatic carbocycles. The molecule has 0 bridgehead atoms. The molecule has 2 fully saturated rings. The van der Waals surface area contributed by atoms with Crippen LogP contribution in [0.15, 0.2) is 24.3 Å². The lowest BCUT2D eigenvalue weighted by atomic mass is 9.80. The van der Waals surface area contributed by atoms with Crippen molar-refractivity contribution in [2.45, 2.75) is 56.6 Å². The van der Waals surface area contributed by atoms with E-state index in [1.54, 1.807) is 12.1 Å². The quantitative estimate of drug-likeness (QED) is 0.858. The predicted octanol–water partition coefficient (Wildman–Crippen LogP) is 3.18. The highest BCUT2D eigenvalue weighted by Crippen LogP contribution is 2.33. The van der Waals surface area contributed by atoms with E-state index < -0.39 is 11.6 Å². The maximum Gasteiger partial charge on any atom is 0.242 e. The van der Waals surface area contributed by atoms with Gasteiger partial charge in [-0.3, -0.25) is 4.79 Å². The van der Waals surface area contributed by atoms with Crippen molar-refractivity contribution < 1.29 is 14.3 Å². The summed E-state index contributed by atoms with van der Waals surface area (Å²) in [7, 11) is 0. The number of hydrogen-bond donors (Lipinski definition) is 2. The van der Waals surface area contributed by atoms with Crippen LogP contribution in [0.2, 0.25) is 0 Å². The molecule has 1 atom stereocenters. The van der Waals surface area contributed by atoms with E-state index in [1.165, 1.54) is 12.1 Å². The first-order valence-electron chi connectivity index (χ1n) is 9.01. The van der Waals surface area contributed by atoms with E-state index in [2.05, 4.69) is 0 Å². The van der Waals surface area contributed by atoms with E-state index in [0.29, 0.717) is 13.1 Å². The van der Waals surface area contributed by atoms with E-state index in [-0.39, 0.29) is 30.0 Å². The fourth-order valence-corrected chi connectivity index (χ4v) is 4.06. The third kappa shape index (κ3) is 4.52. The van der Waals surface area contributed by atoms with Crippen molar-refractivity contribution in [2.75, 3.05) is 13.1 Å². The van der Waals surface area contributed by atoms with Gasteiger partial charge in [-0.25, -0.2) is 4.39 Å². The number of carbonyl (C=O) groups is 1. The van der Waals surface area contributed by atoms with Gasteiger partial charge in [0.25, 0.3) is 0 Å². The number of likely N-dealkylation sites (tertiary alicyclic amines) is 1. The van der Waals surface area contributed by atoms with Gasteiger partial charge >= 0.3 is 0 Å². The highest BCUT2D eigenvalue weighted by molar-refractivity contribution is 5.86. The minimum atomic E-state index is -0.680. The van der Waals surface area contributed by atoms with Gasteiger partial charge in [-0.05, 0) is 49.3 Å². The molecule has 1 heterocycles. The Hall–Kier alpha value is -1.17. The molecule has 140 valence electrons. The van der Waals surface area contributed by atoms with Crippen LogP contribution in [0.5, 0.6) is 0 Å². The Morgan fingerprint density at radius 3 is 2.28 bits per heavy atom. The lowest BCUT2D eigenvalue weighted by Gasteiger charge is -2.40. The first kappa shape index (κ1) is 20.1. The van der Waals surface area contributed by atoms with Crippen LogP contribution in [-0.2, 0) is 4.79 Å². The summed E-state index contributed by atoms with van der Waals surface area (Å²) < 4.78 is 13.0. The van der Waals surface area contributed by atoms with Gasteiger partial charge < -0.3 is 15.7 Å². The van der Waals surface area contributed by atoms with E-state index in [0.717, 1.165) is 50.5 Å². The van der Waals surface area contributed by atoms with E-state index >= 15 is 0 Å². The average Bonchev–Trinajstić information content (AvgIpc) is 2.62. The first-order chi connectivity index (χ1) is 11.5. The molecule has 25 heavy (non-hydrogen) atoms. The van der Waals surface area contributed by atoms with Crippen molar-refractivity contribution in [3.05, 3.63) is 35.6 Å². The fraction of sp³-hybridized carbons (Fsp3) is 0.632. The second kappa shape index (κ2) is 8.47. The molecule has 1 amide bonds. The Balaban J connectivity index is 0.00000225. The van der Waals surface area contributed by atoms with E-state index in [1.807, 2.05) is 4.90 Å². The first-order valence-corrected chi connectivity index (χ1v) is 9.01. The van der Waals surface area contributed by atoms with Crippen LogP contribution in [0.1, 0.15) is 56.6 Å². The van der Waals surface area contributed by atoms with Gasteiger partial charge in [0.15, 0.2) is 0 Å². The van der Waals surface area contributed by atoms with Crippen LogP contribution < -0.4 is 5.73 Å². The number of hydrogen-bond acceptors (Lipinski definition) is 3. The van der Waals surface area contributed by atoms with Crippen LogP contribution in [0.3, 0.4) is 0 Å². The summed E-state index contributed by atoms with van der Waals surface area (Å²) in [6.07, 6.45) is 5.68. The highest BCUT2D eigenvalue weighted by atomic mass is 35.5. The second-order valence-corrected chi connectivity index (χ2v) is 7.34. The number of piperidine rings is 1. The van der Waals surface area contributed by atoms with E-state index in [4.69, 9.17) is 5.73 Å². The monoisotopic (exact) mass is 370 g/mol. The van der Waals surface area contributed by atoms with Crippen molar-refractivity contribution in [1.82, 2.24) is 4.90 Å². The Kier molecular flexibility index (Phi) is 6.83. The van der Waals surface area contributed by atoms with Crippen LogP contribution in [0.4, 0.5) is 4.39 Å². The molecule has 6 heteroatoms. The molecule has 2 aliphatic rings. The van der Waals surface area contributed by atoms with Crippen LogP contribution >= 0.6 is 12.4 Å². The third-order valence-corrected chi connectivity index (χ3v) is 5.66. The van der Waals surface area contributed by atoms with Crippen molar-refractivity contribution in [3.8, 4) is 0 Å². The Bertz CT molecular complexity index is 567. The van der Waals surface area contributed by atoms with Gasteiger partial charge in [0, 0.05) is 13.1 Å². The van der Waals surface area contributed by atoms with Crippen molar-refractivity contribution in [2.24, 2.45) is 11.7 Å². The number of aliphatic hydroxyl groups excluding tert-OH is 1. The summed E-state index contributed by atoms with van der Waals surface area (Å²) in [6, 6.07) is 6.01. The minimum Gasteiger partial charge on any atom is -0.388 e. The van der Waals surface area contributed by atoms with Crippen molar-refractivity contribution >= 4 is 18.3 Å². The Morgan fingerprint density at radius 2 is 1.72 bits per heavy atom. The molecule has 0 radical (unpaired) electrons. The maximum atomic E-state index is 13.0. The molecule has 4 nitrogen and oxygen atoms in total. The molecule has 0 spiro atoms. The SMILES string of the molecule is Cl.NC1(C(=O)N2CCC(C(O)c3ccc(F)cc3)CC2)CCCCC1. The normalized spacial score (nSPS) is 22.1. The standard InChI is InChI=1S/C19H27FN2O2.ClH/c20-16-6-4-14(5-7-16)17(23)15-8-12-22(13-9-15)18(24)19(21)10-2-1-3-11-19;/h4-7,15,17,23H,1-3,8-13,21H2;1H. The van der Waals surface area contributed by atoms with Gasteiger partial charge in [-0.1, -0.05) is 31.4 Å². The number of nitrogens with zero attached hydrogens (tertiary/aromatic N) is 1. The highest BCUT2D eigenvalue weighted by Gasteiger charge is 2.40. The molecule has 1 saturated heterocycles. The summed E-state index contributed by atoms with van der Waals surface area (Å²) in [6.45, 7) is 1.28. The zero-order chi connectivity index (χ0) is 17.2. The summed E-state index contributed by atoms with van der Waals surface area (Å²) in [5, 5.41) is 10.5. The number of benzene rings is 1. The van der Waals surface area contributed by atoms with Crippen LogP contribution in [0.25, 0.3) is 0 Å². The number of carbonyl (C=O) groups excluding carboxylic acids is 1. The molecular weight excluding hydrogens is 343 g/mol. The minimum absolute atomic E-state index is 0. The molecule has 3 N–H and O–H groups in total. The van der Waals surface area contributed by atoms with E-state index in [9.17, 15) is 14.3 Å². The lowest BCUT2D eigenvalue weighted by Crippen LogP contribution is -2.57. The maximum absolute atomic E-state index is 13.0. The summed E-state index contributed by atoms with van der Waals surface area (Å²) in [5.41, 5.74) is 6.42. The largest absolute Gasteiger partial charge is 0.388 e. The van der Waals surface area contributed by atoms with Gasteiger partial charge in [-0.15, -0.1) is 12.4 Å². The van der Waals surface area contributed by atoms with Gasteiger partial charge in [0.05, 0.1) is 11.6 Å². The lowest BCUT2D eigenvalue weighted by molar-refractivity contribution is -0.140. The Labute approximate surface area is 155 Å². The predicted molar refractivity (Wildman–Crippen MR) is 97.9 cm³/mol. The number of nitrogens with two attached hydrogens (primary N) is 1. The van der Waals surface area contributed by atoms with Crippen LogP contribution in [0, 0.1) is 11.7 Å². The molecule has 1 aromatic rings. The molecular formula is C19H28ClFN2O2. The second-order valence-electron chi connectivity index (χ2n) is 7.34. The Morgan fingerprint density at radius 1 is 1.16 bits per heavy atom. The average molecular weight is 371 g/mol. The summed E-state index contributed by atoms with van der Waals surface area (Å²) in [5.74, 6) is -0.122. The van der Waals surface area contributed by atoms with Crippen LogP contribution in [-0.4, -0.2) is 34.5 Å². The number of halogens is 2. The summed E-state index contributed by atoms with van der Waals surface area (Å²) in [4.78, 5) is 14.6. The molecule has 1 aliphatic carbocycles. The smallest absolute Gasteiger partial charge is 0.242 e. The molecule has 1 aliphatic heterocycles. The molecule has 1 unspecified atom stereocenters. The zero-order valence-corrected chi connectivity index (χ0v) is 15.3. The molecule has 1 saturated carbocycles. The van der Waals surface area contributed by atoms with Gasteiger partial charge in [-0.2, -0.15) is 0 Å². The molecule has 0 aromatic heterocycles. The number of amides is 1. The third-order valence-electron chi connectivity index (χ3n) is 5.66. The fourth-order valence-electron chi connectivity index (χ4n) is 4.06. The number of rotatable bonds is 3. The van der Waals surface area contributed by atoms with Gasteiger partial charge in [0.2, 0.25) is 5.91 Å². The number of aliphatic hydroxyl groups is 1. The molecule has 3 rings (SSSR count).